The van der Waals surface area contributed by atoms with Crippen molar-refractivity contribution in [2.45, 2.75) is 71.3 Å². The molecule has 112 valence electrons. The number of hydrogen-bond acceptors (Lipinski definition) is 3. The molecule has 1 aliphatic carbocycles. The van der Waals surface area contributed by atoms with E-state index < -0.39 is 0 Å². The van der Waals surface area contributed by atoms with Gasteiger partial charge in [-0.15, -0.1) is 0 Å². The van der Waals surface area contributed by atoms with Gasteiger partial charge in [-0.3, -0.25) is 9.69 Å². The van der Waals surface area contributed by atoms with Crippen LogP contribution in [0.4, 0.5) is 0 Å². The summed E-state index contributed by atoms with van der Waals surface area (Å²) < 4.78 is 0. The summed E-state index contributed by atoms with van der Waals surface area (Å²) in [7, 11) is 0. The van der Waals surface area contributed by atoms with E-state index in [4.69, 9.17) is 5.26 Å². The number of likely N-dealkylation sites (tertiary alicyclic amines) is 1. The van der Waals surface area contributed by atoms with Crippen LogP contribution in [0.25, 0.3) is 0 Å². The summed E-state index contributed by atoms with van der Waals surface area (Å²) in [6.45, 7) is 6.30. The Balaban J connectivity index is 1.75. The van der Waals surface area contributed by atoms with Crippen molar-refractivity contribution in [3.05, 3.63) is 0 Å². The smallest absolute Gasteiger partial charge is 0.137 e. The lowest BCUT2D eigenvalue weighted by atomic mass is 9.89. The van der Waals surface area contributed by atoms with Gasteiger partial charge in [0.05, 0.1) is 11.5 Å². The van der Waals surface area contributed by atoms with Gasteiger partial charge in [-0.1, -0.05) is 6.42 Å². The van der Waals surface area contributed by atoms with Crippen LogP contribution in [-0.2, 0) is 4.79 Å². The number of unbranched alkanes of at least 4 members (excludes halogenated alkanes) is 1. The Morgan fingerprint density at radius 1 is 1.30 bits per heavy atom. The number of rotatable bonds is 6. The highest BCUT2D eigenvalue weighted by Crippen LogP contribution is 2.33. The van der Waals surface area contributed by atoms with E-state index in [0.29, 0.717) is 17.7 Å². The molecule has 3 nitrogen and oxygen atoms in total. The minimum atomic E-state index is -0.189. The molecule has 2 fully saturated rings. The number of carbonyl (C=O) groups is 1. The predicted molar refractivity (Wildman–Crippen MR) is 80.2 cm³/mol. The third-order valence-corrected chi connectivity index (χ3v) is 5.03. The van der Waals surface area contributed by atoms with Crippen molar-refractivity contribution in [3.63, 3.8) is 0 Å². The van der Waals surface area contributed by atoms with Gasteiger partial charge in [0.1, 0.15) is 5.78 Å². The largest absolute Gasteiger partial charge is 0.300 e. The van der Waals surface area contributed by atoms with Gasteiger partial charge in [0.2, 0.25) is 0 Å². The van der Waals surface area contributed by atoms with Crippen LogP contribution in [0.5, 0.6) is 0 Å². The fourth-order valence-corrected chi connectivity index (χ4v) is 3.77. The summed E-state index contributed by atoms with van der Waals surface area (Å²) in [6.07, 6.45) is 8.73. The first-order valence-electron chi connectivity index (χ1n) is 8.21. The number of hydrogen-bond donors (Lipinski definition) is 0. The van der Waals surface area contributed by atoms with Crippen LogP contribution in [0.15, 0.2) is 0 Å². The second kappa shape index (κ2) is 6.72. The van der Waals surface area contributed by atoms with Crippen LogP contribution < -0.4 is 0 Å². The van der Waals surface area contributed by atoms with E-state index in [0.717, 1.165) is 51.6 Å². The molecule has 0 radical (unpaired) electrons. The Hall–Kier alpha value is -0.880. The number of Topliss-reactive ketones (excluding diaryl/α,β-unsaturated/α-hetero) is 1. The molecule has 2 rings (SSSR count). The summed E-state index contributed by atoms with van der Waals surface area (Å²) in [6, 6.07) is 2.89. The molecule has 2 unspecified atom stereocenters. The number of nitriles is 1. The maximum atomic E-state index is 11.9. The molecule has 2 aliphatic rings. The molecule has 2 atom stereocenters. The van der Waals surface area contributed by atoms with Gasteiger partial charge in [0.15, 0.2) is 0 Å². The fraction of sp³-hybridized carbons (Fsp3) is 0.882. The van der Waals surface area contributed by atoms with E-state index in [-0.39, 0.29) is 5.41 Å². The van der Waals surface area contributed by atoms with E-state index in [2.05, 4.69) is 11.0 Å². The predicted octanol–water partition coefficient (Wildman–Crippen LogP) is 3.54. The lowest BCUT2D eigenvalue weighted by molar-refractivity contribution is -0.122. The van der Waals surface area contributed by atoms with Crippen LogP contribution in [0, 0.1) is 22.7 Å². The summed E-state index contributed by atoms with van der Waals surface area (Å²) in [5.41, 5.74) is -0.189. The van der Waals surface area contributed by atoms with Crippen LogP contribution >= 0.6 is 0 Å². The molecule has 0 bridgehead atoms. The molecule has 0 spiro atoms. The van der Waals surface area contributed by atoms with E-state index >= 15 is 0 Å². The van der Waals surface area contributed by atoms with Crippen LogP contribution in [0.3, 0.4) is 0 Å². The summed E-state index contributed by atoms with van der Waals surface area (Å²) in [4.78, 5) is 14.5. The first kappa shape index (κ1) is 15.5. The highest BCUT2D eigenvalue weighted by molar-refractivity contribution is 5.83. The SMILES string of the molecule is CC(C)(C#N)CCCCN1CCCC1C1CCCC1=O. The maximum Gasteiger partial charge on any atom is 0.137 e. The second-order valence-electron chi connectivity index (χ2n) is 7.16. The van der Waals surface area contributed by atoms with Crippen LogP contribution in [-0.4, -0.2) is 29.8 Å². The van der Waals surface area contributed by atoms with E-state index in [1.165, 1.54) is 12.8 Å². The molecule has 0 N–H and O–H groups in total. The molecule has 0 aromatic carbocycles. The standard InChI is InChI=1S/C17H28N2O/c1-17(2,13-18)10-3-4-11-19-12-6-8-15(19)14-7-5-9-16(14)20/h14-15H,3-12H2,1-2H3. The molecular weight excluding hydrogens is 248 g/mol. The van der Waals surface area contributed by atoms with Crippen molar-refractivity contribution in [2.24, 2.45) is 11.3 Å². The monoisotopic (exact) mass is 276 g/mol. The Morgan fingerprint density at radius 2 is 2.10 bits per heavy atom. The summed E-state index contributed by atoms with van der Waals surface area (Å²) >= 11 is 0. The van der Waals surface area contributed by atoms with Gasteiger partial charge in [-0.25, -0.2) is 0 Å². The Labute approximate surface area is 123 Å². The first-order valence-corrected chi connectivity index (χ1v) is 8.21. The lowest BCUT2D eigenvalue weighted by Crippen LogP contribution is -2.38. The van der Waals surface area contributed by atoms with Crippen molar-refractivity contribution in [3.8, 4) is 6.07 Å². The van der Waals surface area contributed by atoms with Crippen molar-refractivity contribution >= 4 is 5.78 Å². The summed E-state index contributed by atoms with van der Waals surface area (Å²) in [5.74, 6) is 0.834. The normalized spacial score (nSPS) is 27.9. The average molecular weight is 276 g/mol. The minimum absolute atomic E-state index is 0.189. The molecule has 0 aromatic rings. The molecule has 1 aliphatic heterocycles. The number of carbonyl (C=O) groups excluding carboxylic acids is 1. The zero-order chi connectivity index (χ0) is 14.6. The third kappa shape index (κ3) is 3.82. The number of nitrogens with zero attached hydrogens (tertiary/aromatic N) is 2. The fourth-order valence-electron chi connectivity index (χ4n) is 3.77. The Bertz CT molecular complexity index is 383. The highest BCUT2D eigenvalue weighted by Gasteiger charge is 2.37. The zero-order valence-corrected chi connectivity index (χ0v) is 13.0. The van der Waals surface area contributed by atoms with E-state index in [1.807, 2.05) is 13.8 Å². The van der Waals surface area contributed by atoms with Gasteiger partial charge >= 0.3 is 0 Å². The highest BCUT2D eigenvalue weighted by atomic mass is 16.1. The van der Waals surface area contributed by atoms with Crippen molar-refractivity contribution in [1.29, 1.82) is 5.26 Å². The molecule has 3 heteroatoms. The zero-order valence-electron chi connectivity index (χ0n) is 13.0. The molecule has 0 aromatic heterocycles. The van der Waals surface area contributed by atoms with Crippen molar-refractivity contribution < 1.29 is 4.79 Å². The molecular formula is C17H28N2O. The van der Waals surface area contributed by atoms with E-state index in [9.17, 15) is 4.79 Å². The van der Waals surface area contributed by atoms with Crippen LogP contribution in [0.2, 0.25) is 0 Å². The second-order valence-corrected chi connectivity index (χ2v) is 7.16. The van der Waals surface area contributed by atoms with Gasteiger partial charge in [-0.2, -0.15) is 5.26 Å². The minimum Gasteiger partial charge on any atom is -0.300 e. The molecule has 1 saturated heterocycles. The van der Waals surface area contributed by atoms with Crippen LogP contribution in [0.1, 0.15) is 65.2 Å². The van der Waals surface area contributed by atoms with Gasteiger partial charge in [0.25, 0.3) is 0 Å². The molecule has 20 heavy (non-hydrogen) atoms. The lowest BCUT2D eigenvalue weighted by Gasteiger charge is -2.28. The Kier molecular flexibility index (Phi) is 5.21. The number of ketones is 1. The van der Waals surface area contributed by atoms with E-state index in [1.54, 1.807) is 0 Å². The summed E-state index contributed by atoms with van der Waals surface area (Å²) in [5, 5.41) is 9.02. The first-order chi connectivity index (χ1) is 9.53. The molecule has 1 saturated carbocycles. The molecule has 0 amide bonds. The maximum absolute atomic E-state index is 11.9. The Morgan fingerprint density at radius 3 is 2.75 bits per heavy atom. The third-order valence-electron chi connectivity index (χ3n) is 5.03. The van der Waals surface area contributed by atoms with Gasteiger partial charge < -0.3 is 0 Å². The quantitative estimate of drug-likeness (QED) is 0.697. The topological polar surface area (TPSA) is 44.1 Å². The van der Waals surface area contributed by atoms with Crippen molar-refractivity contribution in [2.75, 3.05) is 13.1 Å². The molecule has 1 heterocycles. The van der Waals surface area contributed by atoms with Gasteiger partial charge in [0, 0.05) is 18.4 Å². The van der Waals surface area contributed by atoms with Gasteiger partial charge in [-0.05, 0) is 65.5 Å². The average Bonchev–Trinajstić information content (AvgIpc) is 3.03. The van der Waals surface area contributed by atoms with Crippen molar-refractivity contribution in [1.82, 2.24) is 4.90 Å².